The number of nitrogens with zero attached hydrogens (tertiary/aromatic N) is 1. The lowest BCUT2D eigenvalue weighted by atomic mass is 9.83. The third kappa shape index (κ3) is 7.83. The van der Waals surface area contributed by atoms with Crippen molar-refractivity contribution in [3.05, 3.63) is 111 Å². The number of nitrogens with one attached hydrogen (secondary N) is 1. The van der Waals surface area contributed by atoms with Gasteiger partial charge in [-0.05, 0) is 92.7 Å². The summed E-state index contributed by atoms with van der Waals surface area (Å²) in [5, 5.41) is 3.14. The predicted octanol–water partition coefficient (Wildman–Crippen LogP) is 6.47. The fourth-order valence-corrected chi connectivity index (χ4v) is 4.55. The van der Waals surface area contributed by atoms with Crippen LogP contribution in [-0.2, 0) is 4.79 Å². The number of likely N-dealkylation sites (N-methyl/N-ethyl adjacent to an activating group) is 1. The Morgan fingerprint density at radius 2 is 1.46 bits per heavy atom. The van der Waals surface area contributed by atoms with Crippen molar-refractivity contribution in [1.29, 1.82) is 0 Å². The number of Topliss-reactive ketones (excluding diaryl/α,β-unsaturated/α-hetero) is 1. The molecule has 0 radical (unpaired) electrons. The average molecular weight is 587 g/mol. The minimum atomic E-state index is -1.07. The normalized spacial score (nSPS) is 17.4. The van der Waals surface area contributed by atoms with Gasteiger partial charge in [-0.25, -0.2) is 17.6 Å². The average Bonchev–Trinajstić information content (AvgIpc) is 2.91. The maximum Gasteiger partial charge on any atom is 0.251 e. The molecule has 10 heteroatoms. The Kier molecular flexibility index (Phi) is 9.62. The molecule has 1 aliphatic carbocycles. The smallest absolute Gasteiger partial charge is 0.251 e. The Labute approximate surface area is 240 Å². The molecule has 5 nitrogen and oxygen atoms in total. The van der Waals surface area contributed by atoms with Gasteiger partial charge in [-0.1, -0.05) is 23.7 Å². The highest BCUT2D eigenvalue weighted by Crippen LogP contribution is 2.30. The van der Waals surface area contributed by atoms with Gasteiger partial charge in [0.25, 0.3) is 5.91 Å². The van der Waals surface area contributed by atoms with Crippen molar-refractivity contribution < 1.29 is 31.9 Å². The van der Waals surface area contributed by atoms with Crippen molar-refractivity contribution in [3.8, 4) is 5.75 Å². The van der Waals surface area contributed by atoms with Gasteiger partial charge < -0.3 is 15.0 Å². The van der Waals surface area contributed by atoms with Crippen LogP contribution < -0.4 is 10.1 Å². The van der Waals surface area contributed by atoms with Gasteiger partial charge in [-0.3, -0.25) is 9.59 Å². The first-order valence-electron chi connectivity index (χ1n) is 12.7. The molecule has 1 N–H and O–H groups in total. The predicted molar refractivity (Wildman–Crippen MR) is 150 cm³/mol. The highest BCUT2D eigenvalue weighted by Gasteiger charge is 2.29. The van der Waals surface area contributed by atoms with Crippen LogP contribution in [0, 0.1) is 23.3 Å². The molecule has 4 rings (SSSR count). The Balaban J connectivity index is 1.59. The Morgan fingerprint density at radius 3 is 1.95 bits per heavy atom. The molecule has 1 aliphatic rings. The molecule has 0 bridgehead atoms. The van der Waals surface area contributed by atoms with Crippen LogP contribution >= 0.6 is 11.6 Å². The van der Waals surface area contributed by atoms with Crippen molar-refractivity contribution in [3.63, 3.8) is 0 Å². The first-order valence-corrected chi connectivity index (χ1v) is 13.1. The number of carbonyl (C=O) groups excluding carboxylic acids is 2. The van der Waals surface area contributed by atoms with E-state index in [1.165, 1.54) is 30.4 Å². The second kappa shape index (κ2) is 13.1. The molecule has 0 saturated heterocycles. The number of ether oxygens (including phenoxy) is 1. The highest BCUT2D eigenvalue weighted by atomic mass is 35.5. The van der Waals surface area contributed by atoms with Crippen LogP contribution in [0.4, 0.5) is 17.6 Å². The van der Waals surface area contributed by atoms with E-state index in [1.54, 1.807) is 12.1 Å². The summed E-state index contributed by atoms with van der Waals surface area (Å²) >= 11 is 6.33. The Hall–Kier alpha value is -3.95. The minimum absolute atomic E-state index is 0.0954. The molecule has 214 valence electrons. The lowest BCUT2D eigenvalue weighted by Crippen LogP contribution is -2.39. The van der Waals surface area contributed by atoms with Gasteiger partial charge in [0, 0.05) is 29.3 Å². The maximum absolute atomic E-state index is 13.8. The van der Waals surface area contributed by atoms with Crippen molar-refractivity contribution in [2.45, 2.75) is 18.9 Å². The maximum atomic E-state index is 13.8. The van der Waals surface area contributed by atoms with Gasteiger partial charge in [0.1, 0.15) is 12.4 Å². The SMILES string of the molecule is CN(C)CCOc1ccc(C(=O)NC2C/C(=C\c3ccc(F)c(F)c3)C(=O)/C(=C/c3ccc(F)c(F)c3)C2)cc1Cl. The van der Waals surface area contributed by atoms with Crippen LogP contribution in [0.1, 0.15) is 34.3 Å². The third-order valence-corrected chi connectivity index (χ3v) is 6.71. The molecule has 0 unspecified atom stereocenters. The molecule has 0 aromatic heterocycles. The summed E-state index contributed by atoms with van der Waals surface area (Å²) in [5.74, 6) is -4.63. The monoisotopic (exact) mass is 586 g/mol. The Bertz CT molecular complexity index is 1460. The fourth-order valence-electron chi connectivity index (χ4n) is 4.32. The van der Waals surface area contributed by atoms with Crippen LogP contribution in [0.5, 0.6) is 5.75 Å². The van der Waals surface area contributed by atoms with Gasteiger partial charge in [0.05, 0.1) is 5.02 Å². The molecular weight excluding hydrogens is 560 g/mol. The molecule has 0 heterocycles. The van der Waals surface area contributed by atoms with Crippen LogP contribution in [0.25, 0.3) is 12.2 Å². The number of halogens is 5. The molecule has 1 fully saturated rings. The first kappa shape index (κ1) is 30.0. The molecule has 3 aromatic rings. The molecule has 1 saturated carbocycles. The number of hydrogen-bond donors (Lipinski definition) is 1. The molecule has 41 heavy (non-hydrogen) atoms. The molecule has 0 aliphatic heterocycles. The number of amides is 1. The largest absolute Gasteiger partial charge is 0.491 e. The first-order chi connectivity index (χ1) is 19.5. The summed E-state index contributed by atoms with van der Waals surface area (Å²) in [5.41, 5.74) is 1.23. The zero-order valence-corrected chi connectivity index (χ0v) is 23.1. The number of benzene rings is 3. The van der Waals surface area contributed by atoms with E-state index in [4.69, 9.17) is 16.3 Å². The zero-order valence-electron chi connectivity index (χ0n) is 22.3. The minimum Gasteiger partial charge on any atom is -0.491 e. The Morgan fingerprint density at radius 1 is 0.902 bits per heavy atom. The number of ketones is 1. The zero-order chi connectivity index (χ0) is 29.7. The second-order valence-electron chi connectivity index (χ2n) is 9.89. The number of hydrogen-bond acceptors (Lipinski definition) is 4. The van der Waals surface area contributed by atoms with Crippen LogP contribution in [0.15, 0.2) is 65.7 Å². The van der Waals surface area contributed by atoms with E-state index in [2.05, 4.69) is 5.32 Å². The quantitative estimate of drug-likeness (QED) is 0.243. The van der Waals surface area contributed by atoms with Crippen molar-refractivity contribution >= 4 is 35.4 Å². The van der Waals surface area contributed by atoms with E-state index < -0.39 is 41.0 Å². The third-order valence-electron chi connectivity index (χ3n) is 6.41. The van der Waals surface area contributed by atoms with Crippen LogP contribution in [0.3, 0.4) is 0 Å². The van der Waals surface area contributed by atoms with Crippen molar-refractivity contribution in [1.82, 2.24) is 10.2 Å². The summed E-state index contributed by atoms with van der Waals surface area (Å²) in [4.78, 5) is 28.4. The molecule has 0 atom stereocenters. The lowest BCUT2D eigenvalue weighted by molar-refractivity contribution is -0.113. The molecule has 0 spiro atoms. The van der Waals surface area contributed by atoms with Crippen LogP contribution in [0.2, 0.25) is 5.02 Å². The fraction of sp³-hybridized carbons (Fsp3) is 0.226. The topological polar surface area (TPSA) is 58.6 Å². The van der Waals surface area contributed by atoms with E-state index in [9.17, 15) is 27.2 Å². The van der Waals surface area contributed by atoms with Gasteiger partial charge >= 0.3 is 0 Å². The van der Waals surface area contributed by atoms with E-state index in [0.29, 0.717) is 18.9 Å². The summed E-state index contributed by atoms with van der Waals surface area (Å²) in [6, 6.07) is 10.5. The van der Waals surface area contributed by atoms with Gasteiger partial charge in [-0.2, -0.15) is 0 Å². The molecular formula is C31H27ClF4N2O3. The van der Waals surface area contributed by atoms with E-state index >= 15 is 0 Å². The summed E-state index contributed by atoms with van der Waals surface area (Å²) in [6.45, 7) is 1.09. The van der Waals surface area contributed by atoms with Crippen LogP contribution in [-0.4, -0.2) is 49.9 Å². The lowest BCUT2D eigenvalue weighted by Gasteiger charge is -2.27. The van der Waals surface area contributed by atoms with Crippen molar-refractivity contribution in [2.24, 2.45) is 0 Å². The summed E-state index contributed by atoms with van der Waals surface area (Å²) in [6.07, 6.45) is 3.02. The van der Waals surface area contributed by atoms with E-state index in [0.717, 1.165) is 24.3 Å². The summed E-state index contributed by atoms with van der Waals surface area (Å²) < 4.78 is 60.2. The van der Waals surface area contributed by atoms with Gasteiger partial charge in [0.15, 0.2) is 29.1 Å². The van der Waals surface area contributed by atoms with Gasteiger partial charge in [0.2, 0.25) is 0 Å². The van der Waals surface area contributed by atoms with E-state index in [1.807, 2.05) is 19.0 Å². The number of rotatable bonds is 8. The second-order valence-corrected chi connectivity index (χ2v) is 10.3. The van der Waals surface area contributed by atoms with Crippen molar-refractivity contribution in [2.75, 3.05) is 27.2 Å². The molecule has 1 amide bonds. The molecule has 3 aromatic carbocycles. The van der Waals surface area contributed by atoms with Gasteiger partial charge in [-0.15, -0.1) is 0 Å². The van der Waals surface area contributed by atoms with E-state index in [-0.39, 0.29) is 45.7 Å². The standard InChI is InChI=1S/C31H27ClF4N2O3/c1-38(2)9-10-41-29-8-5-20(17-24(29)32)31(40)37-23-15-21(11-18-3-6-25(33)27(35)13-18)30(39)22(16-23)12-19-4-7-26(34)28(36)14-19/h3-8,11-14,17,23H,9-10,15-16H2,1-2H3,(H,37,40)/b21-11+,22-12+. The highest BCUT2D eigenvalue weighted by molar-refractivity contribution is 6.32. The number of carbonyl (C=O) groups is 2. The summed E-state index contributed by atoms with van der Waals surface area (Å²) in [7, 11) is 3.82.